The van der Waals surface area contributed by atoms with Crippen LogP contribution >= 0.6 is 11.3 Å². The zero-order chi connectivity index (χ0) is 16.8. The van der Waals surface area contributed by atoms with Gasteiger partial charge in [-0.05, 0) is 24.4 Å². The van der Waals surface area contributed by atoms with Gasteiger partial charge in [0.1, 0.15) is 0 Å². The molecule has 1 amide bonds. The minimum atomic E-state index is -0.215. The maximum atomic E-state index is 12.2. The van der Waals surface area contributed by atoms with E-state index in [1.165, 1.54) is 6.20 Å². The molecular formula is C17H16N4O2S. The number of ether oxygens (including phenoxy) is 1. The smallest absolute Gasteiger partial charge is 0.253 e. The number of pyridine rings is 1. The third-order valence-corrected chi connectivity index (χ3v) is 3.96. The molecule has 3 aromatic rings. The van der Waals surface area contributed by atoms with Crippen LogP contribution in [-0.4, -0.2) is 27.5 Å². The summed E-state index contributed by atoms with van der Waals surface area (Å²) in [5.74, 6) is 0.287. The normalized spacial score (nSPS) is 10.4. The summed E-state index contributed by atoms with van der Waals surface area (Å²) in [6, 6.07) is 5.34. The first-order chi connectivity index (χ1) is 11.8. The molecule has 0 aliphatic heterocycles. The monoisotopic (exact) mass is 340 g/mol. The Kier molecular flexibility index (Phi) is 5.12. The van der Waals surface area contributed by atoms with Gasteiger partial charge in [-0.15, -0.1) is 0 Å². The fraction of sp³-hybridized carbons (Fsp3) is 0.176. The van der Waals surface area contributed by atoms with Crippen molar-refractivity contribution in [2.45, 2.75) is 13.5 Å². The molecule has 0 spiro atoms. The molecular weight excluding hydrogens is 324 g/mol. The third-order valence-electron chi connectivity index (χ3n) is 3.28. The van der Waals surface area contributed by atoms with Crippen LogP contribution < -0.4 is 10.1 Å². The van der Waals surface area contributed by atoms with Crippen LogP contribution in [0.2, 0.25) is 0 Å². The van der Waals surface area contributed by atoms with Crippen molar-refractivity contribution in [3.8, 4) is 17.1 Å². The molecule has 0 aliphatic rings. The second-order valence-corrected chi connectivity index (χ2v) is 5.64. The molecule has 3 rings (SSSR count). The minimum Gasteiger partial charge on any atom is -0.478 e. The van der Waals surface area contributed by atoms with Gasteiger partial charge in [-0.25, -0.2) is 4.98 Å². The molecule has 3 aromatic heterocycles. The predicted octanol–water partition coefficient (Wildman–Crippen LogP) is 2.93. The van der Waals surface area contributed by atoms with Crippen molar-refractivity contribution in [1.82, 2.24) is 20.3 Å². The summed E-state index contributed by atoms with van der Waals surface area (Å²) in [5.41, 5.74) is 2.98. The van der Waals surface area contributed by atoms with Gasteiger partial charge in [0, 0.05) is 35.6 Å². The van der Waals surface area contributed by atoms with Crippen LogP contribution in [0.25, 0.3) is 11.3 Å². The van der Waals surface area contributed by atoms with E-state index in [9.17, 15) is 4.79 Å². The summed E-state index contributed by atoms with van der Waals surface area (Å²) in [5, 5.41) is 6.84. The molecule has 24 heavy (non-hydrogen) atoms. The number of rotatable bonds is 6. The van der Waals surface area contributed by atoms with Gasteiger partial charge in [0.25, 0.3) is 5.91 Å². The lowest BCUT2D eigenvalue weighted by Crippen LogP contribution is -2.24. The minimum absolute atomic E-state index is 0.215. The Bertz CT molecular complexity index is 804. The van der Waals surface area contributed by atoms with Crippen LogP contribution in [0.15, 0.2) is 47.5 Å². The van der Waals surface area contributed by atoms with E-state index >= 15 is 0 Å². The summed E-state index contributed by atoms with van der Waals surface area (Å²) in [4.78, 5) is 25.0. The lowest BCUT2D eigenvalue weighted by atomic mass is 10.2. The molecule has 7 heteroatoms. The van der Waals surface area contributed by atoms with Crippen molar-refractivity contribution >= 4 is 17.2 Å². The maximum absolute atomic E-state index is 12.2. The molecule has 0 saturated heterocycles. The Morgan fingerprint density at radius 3 is 2.79 bits per heavy atom. The first-order valence-electron chi connectivity index (χ1n) is 7.47. The molecule has 0 atom stereocenters. The Balaban J connectivity index is 1.69. The third kappa shape index (κ3) is 3.75. The van der Waals surface area contributed by atoms with E-state index in [0.717, 1.165) is 17.0 Å². The van der Waals surface area contributed by atoms with E-state index in [1.54, 1.807) is 35.9 Å². The molecule has 6 nitrogen and oxygen atoms in total. The first-order valence-corrected chi connectivity index (χ1v) is 8.41. The van der Waals surface area contributed by atoms with Crippen LogP contribution in [0, 0.1) is 0 Å². The summed E-state index contributed by atoms with van der Waals surface area (Å²) in [6.45, 7) is 2.72. The zero-order valence-corrected chi connectivity index (χ0v) is 13.9. The van der Waals surface area contributed by atoms with Gasteiger partial charge in [0.15, 0.2) is 0 Å². The van der Waals surface area contributed by atoms with Crippen molar-refractivity contribution in [3.63, 3.8) is 0 Å². The number of hydrogen-bond donors (Lipinski definition) is 1. The van der Waals surface area contributed by atoms with Gasteiger partial charge in [-0.1, -0.05) is 0 Å². The second kappa shape index (κ2) is 7.65. The van der Waals surface area contributed by atoms with Gasteiger partial charge in [-0.2, -0.15) is 11.3 Å². The Morgan fingerprint density at radius 1 is 1.21 bits per heavy atom. The largest absolute Gasteiger partial charge is 0.478 e. The molecule has 0 aliphatic carbocycles. The number of amides is 1. The number of hydrogen-bond acceptors (Lipinski definition) is 6. The standard InChI is InChI=1S/C17H16N4O2S/c1-2-23-15-4-3-12(9-20-15)17(22)21-10-14-16(19-7-6-18-14)13-5-8-24-11-13/h3-9,11H,2,10H2,1H3,(H,21,22). The molecule has 122 valence electrons. The lowest BCUT2D eigenvalue weighted by Gasteiger charge is -2.08. The highest BCUT2D eigenvalue weighted by Crippen LogP contribution is 2.22. The maximum Gasteiger partial charge on any atom is 0.253 e. The average Bonchev–Trinajstić information content (AvgIpc) is 3.15. The van der Waals surface area contributed by atoms with Crippen LogP contribution in [0.1, 0.15) is 23.0 Å². The Hall–Kier alpha value is -2.80. The molecule has 0 saturated carbocycles. The van der Waals surface area contributed by atoms with E-state index in [2.05, 4.69) is 20.3 Å². The zero-order valence-electron chi connectivity index (χ0n) is 13.1. The molecule has 0 radical (unpaired) electrons. The summed E-state index contributed by atoms with van der Waals surface area (Å²) in [6.07, 6.45) is 4.77. The van der Waals surface area contributed by atoms with Crippen molar-refractivity contribution in [1.29, 1.82) is 0 Å². The number of aromatic nitrogens is 3. The van der Waals surface area contributed by atoms with Crippen molar-refractivity contribution in [3.05, 3.63) is 58.8 Å². The predicted molar refractivity (Wildman–Crippen MR) is 91.9 cm³/mol. The summed E-state index contributed by atoms with van der Waals surface area (Å²) >= 11 is 1.59. The van der Waals surface area contributed by atoms with Gasteiger partial charge in [-0.3, -0.25) is 14.8 Å². The number of nitrogens with zero attached hydrogens (tertiary/aromatic N) is 3. The average molecular weight is 340 g/mol. The molecule has 0 bridgehead atoms. The van der Waals surface area contributed by atoms with Gasteiger partial charge in [0.05, 0.1) is 30.1 Å². The van der Waals surface area contributed by atoms with Crippen molar-refractivity contribution in [2.24, 2.45) is 0 Å². The van der Waals surface area contributed by atoms with E-state index < -0.39 is 0 Å². The number of nitrogens with one attached hydrogen (secondary N) is 1. The van der Waals surface area contributed by atoms with E-state index in [0.29, 0.717) is 24.6 Å². The van der Waals surface area contributed by atoms with E-state index in [4.69, 9.17) is 4.74 Å². The molecule has 3 heterocycles. The Labute approximate surface area is 143 Å². The molecule has 0 aromatic carbocycles. The SMILES string of the molecule is CCOc1ccc(C(=O)NCc2nccnc2-c2ccsc2)cn1. The second-order valence-electron chi connectivity index (χ2n) is 4.86. The van der Waals surface area contributed by atoms with Crippen LogP contribution in [-0.2, 0) is 6.54 Å². The fourth-order valence-corrected chi connectivity index (χ4v) is 2.79. The van der Waals surface area contributed by atoms with E-state index in [-0.39, 0.29) is 5.91 Å². The van der Waals surface area contributed by atoms with Crippen LogP contribution in [0.5, 0.6) is 5.88 Å². The fourth-order valence-electron chi connectivity index (χ4n) is 2.15. The quantitative estimate of drug-likeness (QED) is 0.746. The number of carbonyl (C=O) groups excluding carboxylic acids is 1. The Morgan fingerprint density at radius 2 is 2.08 bits per heavy atom. The van der Waals surface area contributed by atoms with E-state index in [1.807, 2.05) is 23.8 Å². The van der Waals surface area contributed by atoms with Crippen LogP contribution in [0.3, 0.4) is 0 Å². The van der Waals surface area contributed by atoms with Gasteiger partial charge >= 0.3 is 0 Å². The highest BCUT2D eigenvalue weighted by molar-refractivity contribution is 7.08. The lowest BCUT2D eigenvalue weighted by molar-refractivity contribution is 0.0950. The van der Waals surface area contributed by atoms with Crippen molar-refractivity contribution < 1.29 is 9.53 Å². The number of thiophene rings is 1. The van der Waals surface area contributed by atoms with Crippen molar-refractivity contribution in [2.75, 3.05) is 6.61 Å². The van der Waals surface area contributed by atoms with Crippen LogP contribution in [0.4, 0.5) is 0 Å². The highest BCUT2D eigenvalue weighted by Gasteiger charge is 2.11. The summed E-state index contributed by atoms with van der Waals surface area (Å²) < 4.78 is 5.27. The van der Waals surface area contributed by atoms with Gasteiger partial charge < -0.3 is 10.1 Å². The molecule has 0 unspecified atom stereocenters. The first kappa shape index (κ1) is 16.1. The van der Waals surface area contributed by atoms with Gasteiger partial charge in [0.2, 0.25) is 5.88 Å². The topological polar surface area (TPSA) is 77.0 Å². The number of carbonyl (C=O) groups is 1. The highest BCUT2D eigenvalue weighted by atomic mass is 32.1. The molecule has 0 fully saturated rings. The molecule has 1 N–H and O–H groups in total. The summed E-state index contributed by atoms with van der Waals surface area (Å²) in [7, 11) is 0.